The molecule has 0 saturated heterocycles. The second-order valence-corrected chi connectivity index (χ2v) is 5.46. The van der Waals surface area contributed by atoms with Crippen LogP contribution in [0.5, 0.6) is 5.75 Å². The van der Waals surface area contributed by atoms with Crippen molar-refractivity contribution in [3.8, 4) is 5.75 Å². The summed E-state index contributed by atoms with van der Waals surface area (Å²) in [6.07, 6.45) is 3.39. The van der Waals surface area contributed by atoms with Crippen molar-refractivity contribution in [1.29, 1.82) is 0 Å². The molecule has 0 heterocycles. The number of benzene rings is 2. The van der Waals surface area contributed by atoms with Crippen molar-refractivity contribution < 1.29 is 9.47 Å². The van der Waals surface area contributed by atoms with Gasteiger partial charge in [-0.3, -0.25) is 0 Å². The highest BCUT2D eigenvalue weighted by molar-refractivity contribution is 5.87. The molecule has 1 N–H and O–H groups in total. The highest BCUT2D eigenvalue weighted by atomic mass is 16.5. The van der Waals surface area contributed by atoms with Crippen LogP contribution in [-0.2, 0) is 11.3 Å². The van der Waals surface area contributed by atoms with Crippen LogP contribution in [0, 0.1) is 0 Å². The molecular weight excluding hydrogens is 274 g/mol. The molecule has 0 saturated carbocycles. The van der Waals surface area contributed by atoms with Crippen LogP contribution in [0.2, 0.25) is 0 Å². The molecule has 0 aromatic heterocycles. The van der Waals surface area contributed by atoms with Gasteiger partial charge < -0.3 is 14.8 Å². The molecule has 0 bridgehead atoms. The second-order valence-electron chi connectivity index (χ2n) is 5.46. The van der Waals surface area contributed by atoms with Gasteiger partial charge in [0.1, 0.15) is 5.75 Å². The maximum atomic E-state index is 5.58. The second kappa shape index (κ2) is 9.44. The van der Waals surface area contributed by atoms with Gasteiger partial charge in [0.15, 0.2) is 0 Å². The lowest BCUT2D eigenvalue weighted by molar-refractivity contribution is 0.128. The van der Waals surface area contributed by atoms with Crippen molar-refractivity contribution in [3.05, 3.63) is 42.0 Å². The summed E-state index contributed by atoms with van der Waals surface area (Å²) < 4.78 is 11.1. The zero-order chi connectivity index (χ0) is 15.6. The van der Waals surface area contributed by atoms with Crippen molar-refractivity contribution in [1.82, 2.24) is 5.32 Å². The molecule has 0 amide bonds. The SMILES string of the molecule is CCCCOCCCNCc1c(OC)ccc2ccccc12. The van der Waals surface area contributed by atoms with E-state index >= 15 is 0 Å². The molecule has 0 fully saturated rings. The topological polar surface area (TPSA) is 30.5 Å². The molecule has 0 aliphatic heterocycles. The third-order valence-corrected chi connectivity index (χ3v) is 3.80. The van der Waals surface area contributed by atoms with E-state index in [1.54, 1.807) is 7.11 Å². The summed E-state index contributed by atoms with van der Waals surface area (Å²) in [6, 6.07) is 12.6. The van der Waals surface area contributed by atoms with E-state index in [4.69, 9.17) is 9.47 Å². The fourth-order valence-electron chi connectivity index (χ4n) is 2.55. The van der Waals surface area contributed by atoms with Crippen molar-refractivity contribution in [3.63, 3.8) is 0 Å². The van der Waals surface area contributed by atoms with E-state index in [1.165, 1.54) is 22.8 Å². The van der Waals surface area contributed by atoms with E-state index in [9.17, 15) is 0 Å². The number of methoxy groups -OCH3 is 1. The van der Waals surface area contributed by atoms with Crippen molar-refractivity contribution in [2.75, 3.05) is 26.9 Å². The van der Waals surface area contributed by atoms with Crippen LogP contribution in [0.25, 0.3) is 10.8 Å². The standard InChI is InChI=1S/C19H27NO2/c1-3-4-13-22-14-7-12-20-15-18-17-9-6-5-8-16(17)10-11-19(18)21-2/h5-6,8-11,20H,3-4,7,12-15H2,1-2H3. The third kappa shape index (κ3) is 4.72. The lowest BCUT2D eigenvalue weighted by Crippen LogP contribution is -2.17. The van der Waals surface area contributed by atoms with Gasteiger partial charge in [-0.25, -0.2) is 0 Å². The third-order valence-electron chi connectivity index (χ3n) is 3.80. The highest BCUT2D eigenvalue weighted by Crippen LogP contribution is 2.27. The van der Waals surface area contributed by atoms with Crippen LogP contribution >= 0.6 is 0 Å². The van der Waals surface area contributed by atoms with Gasteiger partial charge >= 0.3 is 0 Å². The van der Waals surface area contributed by atoms with Gasteiger partial charge in [0.2, 0.25) is 0 Å². The number of rotatable bonds is 10. The molecule has 0 spiro atoms. The number of hydrogen-bond acceptors (Lipinski definition) is 3. The molecule has 2 rings (SSSR count). The molecular formula is C19H27NO2. The molecule has 0 radical (unpaired) electrons. The largest absolute Gasteiger partial charge is 0.496 e. The molecule has 2 aromatic rings. The van der Waals surface area contributed by atoms with Gasteiger partial charge in [-0.2, -0.15) is 0 Å². The average molecular weight is 301 g/mol. The number of hydrogen-bond donors (Lipinski definition) is 1. The van der Waals surface area contributed by atoms with Gasteiger partial charge in [-0.05, 0) is 36.2 Å². The molecule has 0 aliphatic rings. The van der Waals surface area contributed by atoms with Gasteiger partial charge in [0.25, 0.3) is 0 Å². The summed E-state index contributed by atoms with van der Waals surface area (Å²) in [5.74, 6) is 0.949. The van der Waals surface area contributed by atoms with Crippen molar-refractivity contribution in [2.24, 2.45) is 0 Å². The Labute approximate surface area is 133 Å². The first kappa shape index (κ1) is 16.8. The molecule has 120 valence electrons. The van der Waals surface area contributed by atoms with Crippen LogP contribution in [0.15, 0.2) is 36.4 Å². The number of nitrogens with one attached hydrogen (secondary N) is 1. The maximum absolute atomic E-state index is 5.58. The molecule has 3 nitrogen and oxygen atoms in total. The minimum atomic E-state index is 0.819. The first-order chi connectivity index (χ1) is 10.9. The predicted octanol–water partition coefficient (Wildman–Crippen LogP) is 4.14. The van der Waals surface area contributed by atoms with E-state index in [1.807, 2.05) is 6.07 Å². The van der Waals surface area contributed by atoms with E-state index in [-0.39, 0.29) is 0 Å². The Morgan fingerprint density at radius 3 is 2.64 bits per heavy atom. The summed E-state index contributed by atoms with van der Waals surface area (Å²) in [7, 11) is 1.73. The summed E-state index contributed by atoms with van der Waals surface area (Å²) >= 11 is 0. The smallest absolute Gasteiger partial charge is 0.123 e. The molecule has 0 atom stereocenters. The Hall–Kier alpha value is -1.58. The Bertz CT molecular complexity index is 568. The summed E-state index contributed by atoms with van der Waals surface area (Å²) in [5.41, 5.74) is 1.23. The van der Waals surface area contributed by atoms with Gasteiger partial charge in [0, 0.05) is 25.3 Å². The van der Waals surface area contributed by atoms with E-state index in [0.717, 1.165) is 44.9 Å². The lowest BCUT2D eigenvalue weighted by Gasteiger charge is -2.13. The summed E-state index contributed by atoms with van der Waals surface area (Å²) in [4.78, 5) is 0. The predicted molar refractivity (Wildman–Crippen MR) is 92.6 cm³/mol. The Morgan fingerprint density at radius 1 is 1.00 bits per heavy atom. The quantitative estimate of drug-likeness (QED) is 0.669. The van der Waals surface area contributed by atoms with E-state index in [2.05, 4.69) is 42.6 Å². The first-order valence-electron chi connectivity index (χ1n) is 8.20. The normalized spacial score (nSPS) is 11.0. The average Bonchev–Trinajstić information content (AvgIpc) is 2.57. The molecule has 3 heteroatoms. The monoisotopic (exact) mass is 301 g/mol. The Balaban J connectivity index is 1.85. The van der Waals surface area contributed by atoms with E-state index < -0.39 is 0 Å². The minimum Gasteiger partial charge on any atom is -0.496 e. The fraction of sp³-hybridized carbons (Fsp3) is 0.474. The van der Waals surface area contributed by atoms with Crippen LogP contribution in [0.1, 0.15) is 31.7 Å². The maximum Gasteiger partial charge on any atom is 0.123 e. The lowest BCUT2D eigenvalue weighted by atomic mass is 10.0. The molecule has 2 aromatic carbocycles. The number of ether oxygens (including phenoxy) is 2. The molecule has 22 heavy (non-hydrogen) atoms. The van der Waals surface area contributed by atoms with Crippen molar-refractivity contribution in [2.45, 2.75) is 32.7 Å². The van der Waals surface area contributed by atoms with Crippen LogP contribution in [0.3, 0.4) is 0 Å². The van der Waals surface area contributed by atoms with Gasteiger partial charge in [-0.1, -0.05) is 43.7 Å². The minimum absolute atomic E-state index is 0.819. The Morgan fingerprint density at radius 2 is 1.82 bits per heavy atom. The van der Waals surface area contributed by atoms with Crippen LogP contribution in [0.4, 0.5) is 0 Å². The van der Waals surface area contributed by atoms with Crippen LogP contribution < -0.4 is 10.1 Å². The van der Waals surface area contributed by atoms with Crippen LogP contribution in [-0.4, -0.2) is 26.9 Å². The number of unbranched alkanes of at least 4 members (excludes halogenated alkanes) is 1. The summed E-state index contributed by atoms with van der Waals surface area (Å²) in [6.45, 7) is 5.67. The van der Waals surface area contributed by atoms with Gasteiger partial charge in [0.05, 0.1) is 7.11 Å². The Kier molecular flexibility index (Phi) is 7.20. The van der Waals surface area contributed by atoms with Crippen molar-refractivity contribution >= 4 is 10.8 Å². The number of fused-ring (bicyclic) bond motifs is 1. The van der Waals surface area contributed by atoms with E-state index in [0.29, 0.717) is 0 Å². The fourth-order valence-corrected chi connectivity index (χ4v) is 2.55. The zero-order valence-corrected chi connectivity index (χ0v) is 13.7. The zero-order valence-electron chi connectivity index (χ0n) is 13.7. The summed E-state index contributed by atoms with van der Waals surface area (Å²) in [5, 5.41) is 6.01. The van der Waals surface area contributed by atoms with Gasteiger partial charge in [-0.15, -0.1) is 0 Å². The first-order valence-corrected chi connectivity index (χ1v) is 8.20. The molecule has 0 aliphatic carbocycles. The highest BCUT2D eigenvalue weighted by Gasteiger charge is 2.07. The molecule has 0 unspecified atom stereocenters.